The van der Waals surface area contributed by atoms with Gasteiger partial charge in [-0.25, -0.2) is 0 Å². The third-order valence-corrected chi connectivity index (χ3v) is 5.46. The standard InChI is InChI=1S/C22H26N2O3/c1-16(25)26-22-20(24-14-12-23(2)13-15-24)18-10-6-7-11-19(18)27-21(22)17-8-4-3-5-9-17/h3-11,20-22H,12-15H2,1-2H3. The Morgan fingerprint density at radius 1 is 1.00 bits per heavy atom. The number of fused-ring (bicyclic) bond motifs is 1. The van der Waals surface area contributed by atoms with E-state index in [1.807, 2.05) is 48.5 Å². The minimum atomic E-state index is -0.386. The molecule has 0 saturated carbocycles. The average molecular weight is 366 g/mol. The molecule has 0 aromatic heterocycles. The summed E-state index contributed by atoms with van der Waals surface area (Å²) in [4.78, 5) is 16.7. The van der Waals surface area contributed by atoms with Crippen LogP contribution in [0.25, 0.3) is 0 Å². The number of para-hydroxylation sites is 1. The van der Waals surface area contributed by atoms with Gasteiger partial charge in [-0.1, -0.05) is 48.5 Å². The second-order valence-corrected chi connectivity index (χ2v) is 7.35. The van der Waals surface area contributed by atoms with E-state index >= 15 is 0 Å². The molecule has 3 unspecified atom stereocenters. The first-order valence-corrected chi connectivity index (χ1v) is 9.54. The summed E-state index contributed by atoms with van der Waals surface area (Å²) in [6, 6.07) is 18.2. The van der Waals surface area contributed by atoms with Gasteiger partial charge in [-0.3, -0.25) is 9.69 Å². The molecule has 0 N–H and O–H groups in total. The van der Waals surface area contributed by atoms with E-state index in [0.29, 0.717) is 0 Å². The molecule has 142 valence electrons. The molecule has 2 aromatic rings. The molecule has 0 radical (unpaired) electrons. The van der Waals surface area contributed by atoms with Gasteiger partial charge in [0.25, 0.3) is 0 Å². The monoisotopic (exact) mass is 366 g/mol. The minimum absolute atomic E-state index is 0.0160. The Morgan fingerprint density at radius 2 is 1.67 bits per heavy atom. The lowest BCUT2D eigenvalue weighted by molar-refractivity contribution is -0.160. The lowest BCUT2D eigenvalue weighted by atomic mass is 9.88. The van der Waals surface area contributed by atoms with Gasteiger partial charge in [-0.15, -0.1) is 0 Å². The number of carbonyl (C=O) groups is 1. The normalized spacial score (nSPS) is 26.1. The van der Waals surface area contributed by atoms with Crippen LogP contribution in [0.3, 0.4) is 0 Å². The summed E-state index contributed by atoms with van der Waals surface area (Å²) in [6.07, 6.45) is -0.710. The predicted octanol–water partition coefficient (Wildman–Crippen LogP) is 3.04. The fraction of sp³-hybridized carbons (Fsp3) is 0.409. The highest BCUT2D eigenvalue weighted by Gasteiger charge is 2.44. The van der Waals surface area contributed by atoms with Gasteiger partial charge in [0.05, 0.1) is 6.04 Å². The second-order valence-electron chi connectivity index (χ2n) is 7.35. The van der Waals surface area contributed by atoms with Crippen LogP contribution in [0.4, 0.5) is 0 Å². The zero-order chi connectivity index (χ0) is 18.8. The smallest absolute Gasteiger partial charge is 0.303 e. The van der Waals surface area contributed by atoms with Crippen molar-refractivity contribution in [1.29, 1.82) is 0 Å². The number of benzene rings is 2. The summed E-state index contributed by atoms with van der Waals surface area (Å²) in [5.74, 6) is 0.599. The van der Waals surface area contributed by atoms with E-state index in [2.05, 4.69) is 22.9 Å². The molecule has 0 aliphatic carbocycles. The van der Waals surface area contributed by atoms with Gasteiger partial charge >= 0.3 is 5.97 Å². The third kappa shape index (κ3) is 3.70. The molecule has 0 amide bonds. The number of piperazine rings is 1. The molecule has 4 rings (SSSR count). The van der Waals surface area contributed by atoms with Gasteiger partial charge in [-0.05, 0) is 18.7 Å². The van der Waals surface area contributed by atoms with E-state index in [1.165, 1.54) is 6.92 Å². The highest BCUT2D eigenvalue weighted by Crippen LogP contribution is 2.45. The number of rotatable bonds is 3. The summed E-state index contributed by atoms with van der Waals surface area (Å²) < 4.78 is 12.2. The molecule has 27 heavy (non-hydrogen) atoms. The second kappa shape index (κ2) is 7.71. The van der Waals surface area contributed by atoms with E-state index < -0.39 is 0 Å². The highest BCUT2D eigenvalue weighted by molar-refractivity contribution is 5.66. The number of nitrogens with zero attached hydrogens (tertiary/aromatic N) is 2. The molecule has 1 fully saturated rings. The lowest BCUT2D eigenvalue weighted by Crippen LogP contribution is -2.52. The van der Waals surface area contributed by atoms with Crippen molar-refractivity contribution in [1.82, 2.24) is 9.80 Å². The summed E-state index contributed by atoms with van der Waals surface area (Å²) in [5, 5.41) is 0. The number of hydrogen-bond donors (Lipinski definition) is 0. The molecule has 5 nitrogen and oxygen atoms in total. The first-order chi connectivity index (χ1) is 13.1. The van der Waals surface area contributed by atoms with Crippen molar-refractivity contribution in [3.63, 3.8) is 0 Å². The summed E-state index contributed by atoms with van der Waals surface area (Å²) in [6.45, 7) is 5.36. The maximum Gasteiger partial charge on any atom is 0.303 e. The average Bonchev–Trinajstić information content (AvgIpc) is 2.69. The first kappa shape index (κ1) is 18.0. The van der Waals surface area contributed by atoms with Crippen molar-refractivity contribution in [3.8, 4) is 5.75 Å². The molecule has 0 spiro atoms. The van der Waals surface area contributed by atoms with E-state index in [1.54, 1.807) is 0 Å². The van der Waals surface area contributed by atoms with Crippen LogP contribution in [0.1, 0.15) is 30.2 Å². The van der Waals surface area contributed by atoms with Gasteiger partial charge in [-0.2, -0.15) is 0 Å². The van der Waals surface area contributed by atoms with Crippen molar-refractivity contribution in [2.24, 2.45) is 0 Å². The van der Waals surface area contributed by atoms with Crippen LogP contribution < -0.4 is 4.74 Å². The van der Waals surface area contributed by atoms with Gasteiger partial charge in [0.2, 0.25) is 0 Å². The number of carbonyl (C=O) groups excluding carboxylic acids is 1. The number of hydrogen-bond acceptors (Lipinski definition) is 5. The van der Waals surface area contributed by atoms with Crippen molar-refractivity contribution in [2.45, 2.75) is 25.2 Å². The molecule has 2 heterocycles. The number of ether oxygens (including phenoxy) is 2. The summed E-state index contributed by atoms with van der Waals surface area (Å²) in [7, 11) is 2.14. The van der Waals surface area contributed by atoms with Crippen LogP contribution in [0.2, 0.25) is 0 Å². The van der Waals surface area contributed by atoms with Crippen LogP contribution >= 0.6 is 0 Å². The zero-order valence-electron chi connectivity index (χ0n) is 15.9. The topological polar surface area (TPSA) is 42.0 Å². The number of esters is 1. The Bertz CT molecular complexity index is 787. The van der Waals surface area contributed by atoms with E-state index in [4.69, 9.17) is 9.47 Å². The Balaban J connectivity index is 1.77. The van der Waals surface area contributed by atoms with E-state index in [-0.39, 0.29) is 24.2 Å². The van der Waals surface area contributed by atoms with Crippen LogP contribution in [0.15, 0.2) is 54.6 Å². The van der Waals surface area contributed by atoms with E-state index in [0.717, 1.165) is 43.1 Å². The molecule has 2 aliphatic rings. The van der Waals surface area contributed by atoms with Crippen LogP contribution in [0, 0.1) is 0 Å². The first-order valence-electron chi connectivity index (χ1n) is 9.54. The highest BCUT2D eigenvalue weighted by atomic mass is 16.6. The summed E-state index contributed by atoms with van der Waals surface area (Å²) in [5.41, 5.74) is 2.12. The van der Waals surface area contributed by atoms with Gasteiger partial charge in [0.15, 0.2) is 12.2 Å². The van der Waals surface area contributed by atoms with Crippen molar-refractivity contribution in [2.75, 3.05) is 33.2 Å². The van der Waals surface area contributed by atoms with Crippen LogP contribution in [-0.4, -0.2) is 55.1 Å². The van der Waals surface area contributed by atoms with Gasteiger partial charge < -0.3 is 14.4 Å². The largest absolute Gasteiger partial charge is 0.481 e. The van der Waals surface area contributed by atoms with Crippen molar-refractivity contribution >= 4 is 5.97 Å². The SMILES string of the molecule is CC(=O)OC1C(c2ccccc2)Oc2ccccc2C1N1CCN(C)CC1. The Hall–Kier alpha value is -2.37. The lowest BCUT2D eigenvalue weighted by Gasteiger charge is -2.46. The quantitative estimate of drug-likeness (QED) is 0.781. The Morgan fingerprint density at radius 3 is 2.37 bits per heavy atom. The number of likely N-dealkylation sites (N-methyl/N-ethyl adjacent to an activating group) is 1. The van der Waals surface area contributed by atoms with Crippen molar-refractivity contribution in [3.05, 3.63) is 65.7 Å². The molecule has 5 heteroatoms. The fourth-order valence-corrected chi connectivity index (χ4v) is 4.10. The predicted molar refractivity (Wildman–Crippen MR) is 104 cm³/mol. The van der Waals surface area contributed by atoms with Crippen LogP contribution in [0.5, 0.6) is 5.75 Å². The van der Waals surface area contributed by atoms with Crippen LogP contribution in [-0.2, 0) is 9.53 Å². The molecule has 2 aliphatic heterocycles. The molecule has 1 saturated heterocycles. The molecule has 2 aromatic carbocycles. The molecular weight excluding hydrogens is 340 g/mol. The zero-order valence-corrected chi connectivity index (χ0v) is 15.9. The summed E-state index contributed by atoms with van der Waals surface area (Å²) >= 11 is 0. The maximum atomic E-state index is 12.0. The Kier molecular flexibility index (Phi) is 5.14. The van der Waals surface area contributed by atoms with Gasteiger partial charge in [0.1, 0.15) is 5.75 Å². The molecular formula is C22H26N2O3. The Labute approximate surface area is 160 Å². The minimum Gasteiger partial charge on any atom is -0.481 e. The van der Waals surface area contributed by atoms with Gasteiger partial charge in [0, 0.05) is 38.7 Å². The van der Waals surface area contributed by atoms with Crippen molar-refractivity contribution < 1.29 is 14.3 Å². The molecule has 3 atom stereocenters. The third-order valence-electron chi connectivity index (χ3n) is 5.46. The molecule has 0 bridgehead atoms. The fourth-order valence-electron chi connectivity index (χ4n) is 4.10. The maximum absolute atomic E-state index is 12.0. The van der Waals surface area contributed by atoms with E-state index in [9.17, 15) is 4.79 Å².